The first kappa shape index (κ1) is 7.62. The van der Waals surface area contributed by atoms with Crippen LogP contribution < -0.4 is 5.32 Å². The first-order chi connectivity index (χ1) is 4.20. The van der Waals surface area contributed by atoms with Crippen LogP contribution in [0.25, 0.3) is 0 Å². The fourth-order valence-electron chi connectivity index (χ4n) is 0.223. The second kappa shape index (κ2) is 3.60. The molecule has 9 heavy (non-hydrogen) atoms. The average Bonchev–Trinajstić information content (AvgIpc) is 1.87. The van der Waals surface area contributed by atoms with Crippen molar-refractivity contribution in [3.05, 3.63) is 25.3 Å². The molecule has 0 spiro atoms. The third-order valence-electron chi connectivity index (χ3n) is 0.617. The number of imide groups is 1. The minimum Gasteiger partial charge on any atom is -0.289 e. The Labute approximate surface area is 53.1 Å². The Morgan fingerprint density at radius 2 is 1.44 bits per heavy atom. The largest absolute Gasteiger partial charge is 0.289 e. The molecule has 0 saturated heterocycles. The summed E-state index contributed by atoms with van der Waals surface area (Å²) in [5.41, 5.74) is 0. The number of amides is 2. The van der Waals surface area contributed by atoms with Crippen molar-refractivity contribution in [2.45, 2.75) is 0 Å². The molecule has 3 nitrogen and oxygen atoms in total. The Bertz CT molecular complexity index is 142. The van der Waals surface area contributed by atoms with Crippen LogP contribution >= 0.6 is 0 Å². The van der Waals surface area contributed by atoms with Crippen LogP contribution in [0.15, 0.2) is 25.3 Å². The summed E-state index contributed by atoms with van der Waals surface area (Å²) in [5, 5.41) is 1.97. The van der Waals surface area contributed by atoms with E-state index < -0.39 is 11.8 Å². The van der Waals surface area contributed by atoms with Gasteiger partial charge in [-0.1, -0.05) is 13.2 Å². The van der Waals surface area contributed by atoms with E-state index in [0.29, 0.717) is 0 Å². The molecule has 0 bridgehead atoms. The third kappa shape index (κ3) is 3.22. The normalized spacial score (nSPS) is 7.56. The van der Waals surface area contributed by atoms with Gasteiger partial charge in [-0.2, -0.15) is 0 Å². The van der Waals surface area contributed by atoms with E-state index in [9.17, 15) is 9.59 Å². The lowest BCUT2D eigenvalue weighted by molar-refractivity contribution is -0.125. The number of hydrogen-bond donors (Lipinski definition) is 1. The van der Waals surface area contributed by atoms with Crippen molar-refractivity contribution in [2.75, 3.05) is 0 Å². The Hall–Kier alpha value is -1.38. The van der Waals surface area contributed by atoms with Crippen LogP contribution in [0.2, 0.25) is 0 Å². The van der Waals surface area contributed by atoms with Crippen molar-refractivity contribution < 1.29 is 9.59 Å². The molecule has 0 aromatic heterocycles. The first-order valence-electron chi connectivity index (χ1n) is 2.30. The monoisotopic (exact) mass is 125 g/mol. The highest BCUT2D eigenvalue weighted by Crippen LogP contribution is 1.68. The molecule has 0 aliphatic heterocycles. The zero-order valence-corrected chi connectivity index (χ0v) is 4.89. The molecule has 1 N–H and O–H groups in total. The van der Waals surface area contributed by atoms with Crippen LogP contribution in [-0.2, 0) is 9.59 Å². The lowest BCUT2D eigenvalue weighted by Crippen LogP contribution is -2.26. The van der Waals surface area contributed by atoms with Gasteiger partial charge in [0.2, 0.25) is 11.8 Å². The maximum Gasteiger partial charge on any atom is 0.250 e. The summed E-state index contributed by atoms with van der Waals surface area (Å²) >= 11 is 0. The molecule has 0 aromatic carbocycles. The van der Waals surface area contributed by atoms with Gasteiger partial charge in [0, 0.05) is 0 Å². The summed E-state index contributed by atoms with van der Waals surface area (Å²) in [6, 6.07) is 0. The number of nitrogens with one attached hydrogen (secondary N) is 1. The quantitative estimate of drug-likeness (QED) is 0.528. The number of rotatable bonds is 2. The second-order valence-electron chi connectivity index (χ2n) is 1.26. The molecular weight excluding hydrogens is 118 g/mol. The average molecular weight is 125 g/mol. The van der Waals surface area contributed by atoms with Crippen molar-refractivity contribution >= 4 is 11.8 Å². The minimum atomic E-state index is -0.514. The highest BCUT2D eigenvalue weighted by atomic mass is 16.2. The van der Waals surface area contributed by atoms with E-state index >= 15 is 0 Å². The summed E-state index contributed by atoms with van der Waals surface area (Å²) < 4.78 is 0. The van der Waals surface area contributed by atoms with E-state index in [4.69, 9.17) is 0 Å². The van der Waals surface area contributed by atoms with Gasteiger partial charge in [-0.3, -0.25) is 14.9 Å². The zero-order chi connectivity index (χ0) is 7.28. The molecule has 0 aliphatic carbocycles. The predicted octanol–water partition coefficient (Wildman–Crippen LogP) is 0.00120. The van der Waals surface area contributed by atoms with Gasteiger partial charge in [-0.15, -0.1) is 0 Å². The minimum absolute atomic E-state index is 0.514. The zero-order valence-electron chi connectivity index (χ0n) is 4.89. The molecule has 0 unspecified atom stereocenters. The fourth-order valence-corrected chi connectivity index (χ4v) is 0.223. The van der Waals surface area contributed by atoms with Crippen molar-refractivity contribution in [2.24, 2.45) is 0 Å². The van der Waals surface area contributed by atoms with Gasteiger partial charge in [0.25, 0.3) is 0 Å². The highest BCUT2D eigenvalue weighted by molar-refractivity contribution is 6.04. The third-order valence-corrected chi connectivity index (χ3v) is 0.617. The topological polar surface area (TPSA) is 46.2 Å². The van der Waals surface area contributed by atoms with Gasteiger partial charge in [0.1, 0.15) is 0 Å². The van der Waals surface area contributed by atoms with E-state index in [1.807, 2.05) is 5.32 Å². The van der Waals surface area contributed by atoms with Crippen LogP contribution in [0.5, 0.6) is 0 Å². The molecule has 0 heterocycles. The highest BCUT2D eigenvalue weighted by Gasteiger charge is 1.96. The molecule has 0 fully saturated rings. The SMILES string of the molecule is C=CC(=O)NC(=O)C=C. The molecule has 0 aliphatic rings. The number of carbonyl (C=O) groups excluding carboxylic acids is 2. The van der Waals surface area contributed by atoms with Crippen molar-refractivity contribution in [1.29, 1.82) is 0 Å². The van der Waals surface area contributed by atoms with Gasteiger partial charge in [-0.05, 0) is 12.2 Å². The van der Waals surface area contributed by atoms with E-state index in [2.05, 4.69) is 13.2 Å². The molecular formula is C6H7NO2. The summed E-state index contributed by atoms with van der Waals surface area (Å²) in [6.45, 7) is 6.30. The lowest BCUT2D eigenvalue weighted by atomic mass is 10.5. The maximum atomic E-state index is 10.3. The molecule has 0 saturated carbocycles. The van der Waals surface area contributed by atoms with Crippen LogP contribution in [0.3, 0.4) is 0 Å². The van der Waals surface area contributed by atoms with Crippen LogP contribution in [0.1, 0.15) is 0 Å². The number of hydrogen-bond acceptors (Lipinski definition) is 2. The molecule has 48 valence electrons. The van der Waals surface area contributed by atoms with Crippen molar-refractivity contribution in [1.82, 2.24) is 5.32 Å². The van der Waals surface area contributed by atoms with Crippen molar-refractivity contribution in [3.8, 4) is 0 Å². The molecule has 0 radical (unpaired) electrons. The molecule has 0 aromatic rings. The smallest absolute Gasteiger partial charge is 0.250 e. The van der Waals surface area contributed by atoms with E-state index in [1.54, 1.807) is 0 Å². The van der Waals surface area contributed by atoms with Gasteiger partial charge < -0.3 is 0 Å². The van der Waals surface area contributed by atoms with Gasteiger partial charge >= 0.3 is 0 Å². The van der Waals surface area contributed by atoms with E-state index in [0.717, 1.165) is 12.2 Å². The Balaban J connectivity index is 3.73. The molecule has 0 rings (SSSR count). The number of carbonyl (C=O) groups is 2. The van der Waals surface area contributed by atoms with Gasteiger partial charge in [0.15, 0.2) is 0 Å². The van der Waals surface area contributed by atoms with Gasteiger partial charge in [-0.25, -0.2) is 0 Å². The molecule has 3 heteroatoms. The predicted molar refractivity (Wildman–Crippen MR) is 33.5 cm³/mol. The van der Waals surface area contributed by atoms with Crippen LogP contribution in [0, 0.1) is 0 Å². The summed E-state index contributed by atoms with van der Waals surface area (Å²) in [4.78, 5) is 20.6. The van der Waals surface area contributed by atoms with E-state index in [1.165, 1.54) is 0 Å². The summed E-state index contributed by atoms with van der Waals surface area (Å²) in [7, 11) is 0. The second-order valence-corrected chi connectivity index (χ2v) is 1.26. The van der Waals surface area contributed by atoms with Gasteiger partial charge in [0.05, 0.1) is 0 Å². The Morgan fingerprint density at radius 1 is 1.11 bits per heavy atom. The summed E-state index contributed by atoms with van der Waals surface area (Å²) in [5.74, 6) is -1.03. The molecule has 0 atom stereocenters. The lowest BCUT2D eigenvalue weighted by Gasteiger charge is -1.91. The molecule has 2 amide bonds. The van der Waals surface area contributed by atoms with Crippen LogP contribution in [0.4, 0.5) is 0 Å². The standard InChI is InChI=1S/C6H7NO2/c1-3-5(8)7-6(9)4-2/h3-4H,1-2H2,(H,7,8,9). The van der Waals surface area contributed by atoms with Crippen LogP contribution in [-0.4, -0.2) is 11.8 Å². The summed E-state index contributed by atoms with van der Waals surface area (Å²) in [6.07, 6.45) is 2.03. The van der Waals surface area contributed by atoms with E-state index in [-0.39, 0.29) is 0 Å². The maximum absolute atomic E-state index is 10.3. The Morgan fingerprint density at radius 3 is 1.67 bits per heavy atom. The fraction of sp³-hybridized carbons (Fsp3) is 0. The first-order valence-corrected chi connectivity index (χ1v) is 2.30. The Kier molecular flexibility index (Phi) is 3.05. The van der Waals surface area contributed by atoms with Crippen molar-refractivity contribution in [3.63, 3.8) is 0 Å².